The Morgan fingerprint density at radius 3 is 2.38 bits per heavy atom. The van der Waals surface area contributed by atoms with Gasteiger partial charge in [-0.2, -0.15) is 5.26 Å². The van der Waals surface area contributed by atoms with Gasteiger partial charge in [0.1, 0.15) is 6.10 Å². The summed E-state index contributed by atoms with van der Waals surface area (Å²) in [6.45, 7) is 4.21. The molecule has 0 fully saturated rings. The molecule has 0 heterocycles. The van der Waals surface area contributed by atoms with Crippen molar-refractivity contribution in [2.24, 2.45) is 0 Å². The van der Waals surface area contributed by atoms with Crippen LogP contribution < -0.4 is 0 Å². The van der Waals surface area contributed by atoms with E-state index in [0.29, 0.717) is 6.61 Å². The van der Waals surface area contributed by atoms with E-state index < -0.39 is 0 Å². The van der Waals surface area contributed by atoms with Crippen molar-refractivity contribution in [3.63, 3.8) is 0 Å². The quantitative estimate of drug-likeness (QED) is 0.542. The van der Waals surface area contributed by atoms with E-state index in [4.69, 9.17) is 10.00 Å². The SMILES string of the molecule is CCOC(C)C#N.[Ne]. The summed E-state index contributed by atoms with van der Waals surface area (Å²) < 4.78 is 4.83. The van der Waals surface area contributed by atoms with Gasteiger partial charge in [0, 0.05) is 12.8 Å². The molecule has 0 saturated heterocycles. The number of hydrogen-bond donors (Lipinski definition) is 0. The minimum atomic E-state index is -0.245. The molecule has 0 aliphatic carbocycles. The molecule has 0 aliphatic rings. The van der Waals surface area contributed by atoms with Gasteiger partial charge in [-0.3, -0.25) is 0 Å². The first-order chi connectivity index (χ1) is 3.31. The molecule has 0 radical (unpaired) electrons. The Kier molecular flexibility index (Phi) is 8.24. The topological polar surface area (TPSA) is 33.0 Å². The second-order valence-electron chi connectivity index (χ2n) is 1.23. The fraction of sp³-hybridized carbons (Fsp3) is 0.800. The molecular weight excluding hydrogens is 110 g/mol. The molecule has 0 N–H and O–H groups in total. The summed E-state index contributed by atoms with van der Waals surface area (Å²) in [6, 6.07) is 1.94. The zero-order valence-corrected chi connectivity index (χ0v) is 4.99. The van der Waals surface area contributed by atoms with E-state index in [0.717, 1.165) is 0 Å². The summed E-state index contributed by atoms with van der Waals surface area (Å²) in [5.74, 6) is 0. The number of hydrogen-bond acceptors (Lipinski definition) is 2. The van der Waals surface area contributed by atoms with Crippen LogP contribution in [0.2, 0.25) is 0 Å². The van der Waals surface area contributed by atoms with E-state index in [9.17, 15) is 0 Å². The Morgan fingerprint density at radius 2 is 2.25 bits per heavy atom. The summed E-state index contributed by atoms with van der Waals surface area (Å²) in [5.41, 5.74) is 0. The Labute approximate surface area is 49.8 Å². The molecule has 1 unspecified atom stereocenters. The monoisotopic (exact) mass is 119 g/mol. The van der Waals surface area contributed by atoms with Crippen molar-refractivity contribution in [1.82, 2.24) is 0 Å². The fourth-order valence-corrected chi connectivity index (χ4v) is 0.287. The van der Waals surface area contributed by atoms with Crippen LogP contribution in [0.15, 0.2) is 0 Å². The summed E-state index contributed by atoms with van der Waals surface area (Å²) in [4.78, 5) is 0. The third-order valence-corrected chi connectivity index (χ3v) is 0.598. The predicted octanol–water partition coefficient (Wildman–Crippen LogP) is 0.935. The van der Waals surface area contributed by atoms with Crippen LogP contribution >= 0.6 is 0 Å². The van der Waals surface area contributed by atoms with E-state index >= 15 is 0 Å². The van der Waals surface area contributed by atoms with Gasteiger partial charge in [0.15, 0.2) is 0 Å². The second-order valence-corrected chi connectivity index (χ2v) is 1.23. The van der Waals surface area contributed by atoms with Gasteiger partial charge in [-0.25, -0.2) is 0 Å². The van der Waals surface area contributed by atoms with E-state index in [1.165, 1.54) is 0 Å². The maximum Gasteiger partial charge on any atom is 0.141 e. The first kappa shape index (κ1) is 10.4. The van der Waals surface area contributed by atoms with Crippen molar-refractivity contribution in [3.05, 3.63) is 0 Å². The average Bonchev–Trinajstić information content (AvgIpc) is 1.68. The van der Waals surface area contributed by atoms with Crippen LogP contribution in [-0.4, -0.2) is 12.7 Å². The third kappa shape index (κ3) is 5.36. The maximum absolute atomic E-state index is 8.09. The van der Waals surface area contributed by atoms with Crippen molar-refractivity contribution in [2.75, 3.05) is 6.61 Å². The number of nitriles is 1. The van der Waals surface area contributed by atoms with Gasteiger partial charge in [-0.15, -0.1) is 0 Å². The van der Waals surface area contributed by atoms with Crippen LogP contribution in [0.1, 0.15) is 13.8 Å². The second kappa shape index (κ2) is 6.36. The predicted molar refractivity (Wildman–Crippen MR) is 26.7 cm³/mol. The number of nitrogens with zero attached hydrogens (tertiary/aromatic N) is 1. The Hall–Kier alpha value is -0.641. The van der Waals surface area contributed by atoms with Gasteiger partial charge in [0.25, 0.3) is 0 Å². The molecule has 48 valence electrons. The van der Waals surface area contributed by atoms with Crippen LogP contribution in [0.25, 0.3) is 0 Å². The van der Waals surface area contributed by atoms with Crippen molar-refractivity contribution in [3.8, 4) is 6.07 Å². The molecule has 0 aliphatic heterocycles. The maximum atomic E-state index is 8.09. The van der Waals surface area contributed by atoms with Crippen LogP contribution in [0, 0.1) is 17.5 Å². The molecule has 8 heavy (non-hydrogen) atoms. The molecule has 0 aromatic carbocycles. The van der Waals surface area contributed by atoms with Crippen LogP contribution in [0.3, 0.4) is 0 Å². The molecule has 0 aromatic heterocycles. The van der Waals surface area contributed by atoms with Crippen molar-refractivity contribution >= 4 is 0 Å². The van der Waals surface area contributed by atoms with Gasteiger partial charge in [-0.1, -0.05) is 0 Å². The summed E-state index contributed by atoms with van der Waals surface area (Å²) in [5, 5.41) is 8.09. The Morgan fingerprint density at radius 1 is 1.75 bits per heavy atom. The number of rotatable bonds is 2. The minimum absolute atomic E-state index is 0. The van der Waals surface area contributed by atoms with Gasteiger partial charge < -0.3 is 4.74 Å². The van der Waals surface area contributed by atoms with Crippen molar-refractivity contribution in [1.29, 1.82) is 5.26 Å². The summed E-state index contributed by atoms with van der Waals surface area (Å²) in [6.07, 6.45) is -0.245. The molecule has 0 amide bonds. The molecule has 1 atom stereocenters. The Bertz CT molecular complexity index is 79.0. The van der Waals surface area contributed by atoms with Crippen molar-refractivity contribution < 1.29 is 10.9 Å². The van der Waals surface area contributed by atoms with Crippen LogP contribution in [0.5, 0.6) is 0 Å². The van der Waals surface area contributed by atoms with Crippen LogP contribution in [-0.2, 0) is 4.74 Å². The van der Waals surface area contributed by atoms with Gasteiger partial charge >= 0.3 is 0 Å². The normalized spacial score (nSPS) is 11.1. The average molecular weight is 119 g/mol. The van der Waals surface area contributed by atoms with Gasteiger partial charge in [0.05, 0.1) is 6.07 Å². The third-order valence-electron chi connectivity index (χ3n) is 0.598. The van der Waals surface area contributed by atoms with Gasteiger partial charge in [0.2, 0.25) is 0 Å². The van der Waals surface area contributed by atoms with Crippen LogP contribution in [0.4, 0.5) is 0 Å². The van der Waals surface area contributed by atoms with E-state index in [1.54, 1.807) is 6.92 Å². The fourth-order valence-electron chi connectivity index (χ4n) is 0.287. The standard InChI is InChI=1S/C5H9NO.Ne/c1-3-7-5(2)4-6;/h5H,3H2,1-2H3;. The molecule has 0 spiro atoms. The first-order valence-corrected chi connectivity index (χ1v) is 2.32. The molecule has 3 heteroatoms. The molecule has 0 saturated carbocycles. The molecule has 0 bridgehead atoms. The zero-order chi connectivity index (χ0) is 5.70. The van der Waals surface area contributed by atoms with E-state index in [1.807, 2.05) is 13.0 Å². The molecule has 0 rings (SSSR count). The molecule has 2 nitrogen and oxygen atoms in total. The largest absolute Gasteiger partial charge is 0.364 e. The van der Waals surface area contributed by atoms with Gasteiger partial charge in [-0.05, 0) is 13.8 Å². The van der Waals surface area contributed by atoms with E-state index in [2.05, 4.69) is 0 Å². The Balaban J connectivity index is 0. The minimum Gasteiger partial charge on any atom is -0.364 e. The first-order valence-electron chi connectivity index (χ1n) is 2.32. The molecule has 0 aromatic rings. The molecular formula is C5H9NNeO. The van der Waals surface area contributed by atoms with Crippen molar-refractivity contribution in [2.45, 2.75) is 20.0 Å². The zero-order valence-electron chi connectivity index (χ0n) is 4.99. The number of ether oxygens (including phenoxy) is 1. The summed E-state index contributed by atoms with van der Waals surface area (Å²) >= 11 is 0. The smallest absolute Gasteiger partial charge is 0.141 e. The summed E-state index contributed by atoms with van der Waals surface area (Å²) in [7, 11) is 0. The van der Waals surface area contributed by atoms with E-state index in [-0.39, 0.29) is 12.3 Å².